The minimum Gasteiger partial charge on any atom is -0.494 e. The van der Waals surface area contributed by atoms with Crippen molar-refractivity contribution in [2.24, 2.45) is 0 Å². The molecule has 2 atom stereocenters. The van der Waals surface area contributed by atoms with E-state index in [1.165, 1.54) is 0 Å². The van der Waals surface area contributed by atoms with Crippen LogP contribution in [0.3, 0.4) is 0 Å². The molecule has 2 aliphatic rings. The number of ether oxygens (including phenoxy) is 1. The first-order valence-corrected chi connectivity index (χ1v) is 10.4. The maximum Gasteiger partial charge on any atom is 0.253 e. The lowest BCUT2D eigenvalue weighted by molar-refractivity contribution is -0.134. The molecular weight excluding hydrogens is 382 g/mol. The van der Waals surface area contributed by atoms with Crippen LogP contribution in [0.15, 0.2) is 48.8 Å². The molecule has 8 nitrogen and oxygen atoms in total. The molecule has 30 heavy (non-hydrogen) atoms. The highest BCUT2D eigenvalue weighted by Crippen LogP contribution is 2.23. The fraction of sp³-hybridized carbons (Fsp3) is 0.409. The van der Waals surface area contributed by atoms with Crippen LogP contribution < -0.4 is 15.6 Å². The van der Waals surface area contributed by atoms with Gasteiger partial charge in [-0.1, -0.05) is 6.07 Å². The molecule has 2 N–H and O–H groups in total. The predicted octanol–water partition coefficient (Wildman–Crippen LogP) is 1.37. The first kappa shape index (κ1) is 20.3. The van der Waals surface area contributed by atoms with Crippen molar-refractivity contribution in [3.05, 3.63) is 59.9 Å². The van der Waals surface area contributed by atoms with Gasteiger partial charge in [0.25, 0.3) is 5.91 Å². The third-order valence-electron chi connectivity index (χ3n) is 5.58. The predicted molar refractivity (Wildman–Crippen MR) is 112 cm³/mol. The number of nitrogens with zero attached hydrogens (tertiary/aromatic N) is 3. The van der Waals surface area contributed by atoms with Crippen molar-refractivity contribution in [3.8, 4) is 5.75 Å². The van der Waals surface area contributed by atoms with Gasteiger partial charge in [-0.3, -0.25) is 14.6 Å². The standard InChI is InChI=1S/C22H27N5O3/c1-2-30-18-7-5-16(6-8-18)21(28)26-10-12-27(13-11-26)22(29)20-14-19(24-25-20)17-4-3-9-23-15-17/h3-9,15,19-20,24-25H,2,10-14H2,1H3. The molecule has 8 heteroatoms. The van der Waals surface area contributed by atoms with E-state index in [0.29, 0.717) is 44.8 Å². The van der Waals surface area contributed by atoms with Gasteiger partial charge < -0.3 is 14.5 Å². The molecule has 0 spiro atoms. The number of piperazine rings is 1. The summed E-state index contributed by atoms with van der Waals surface area (Å²) >= 11 is 0. The summed E-state index contributed by atoms with van der Waals surface area (Å²) in [7, 11) is 0. The van der Waals surface area contributed by atoms with E-state index in [0.717, 1.165) is 11.3 Å². The molecule has 3 heterocycles. The number of benzene rings is 1. The molecule has 0 radical (unpaired) electrons. The Hall–Kier alpha value is -2.97. The summed E-state index contributed by atoms with van der Waals surface area (Å²) in [5.74, 6) is 0.816. The van der Waals surface area contributed by atoms with Gasteiger partial charge >= 0.3 is 0 Å². The molecule has 0 bridgehead atoms. The molecule has 2 fully saturated rings. The molecule has 2 aliphatic heterocycles. The summed E-state index contributed by atoms with van der Waals surface area (Å²) < 4.78 is 5.43. The number of amides is 2. The smallest absolute Gasteiger partial charge is 0.253 e. The molecule has 1 aromatic heterocycles. The van der Waals surface area contributed by atoms with Crippen LogP contribution in [-0.4, -0.2) is 65.4 Å². The van der Waals surface area contributed by atoms with Crippen molar-refractivity contribution in [3.63, 3.8) is 0 Å². The summed E-state index contributed by atoms with van der Waals surface area (Å²) in [5.41, 5.74) is 8.01. The summed E-state index contributed by atoms with van der Waals surface area (Å²) in [4.78, 5) is 33.5. The summed E-state index contributed by atoms with van der Waals surface area (Å²) in [5, 5.41) is 0. The van der Waals surface area contributed by atoms with E-state index in [2.05, 4.69) is 15.8 Å². The highest BCUT2D eigenvalue weighted by molar-refractivity contribution is 5.94. The maximum absolute atomic E-state index is 12.9. The van der Waals surface area contributed by atoms with Gasteiger partial charge in [0.05, 0.1) is 6.61 Å². The molecule has 2 aromatic rings. The summed E-state index contributed by atoms with van der Waals surface area (Å²) in [6, 6.07) is 10.9. The number of pyridine rings is 1. The Morgan fingerprint density at radius 2 is 1.80 bits per heavy atom. The molecule has 4 rings (SSSR count). The van der Waals surface area contributed by atoms with Gasteiger partial charge in [-0.2, -0.15) is 0 Å². The lowest BCUT2D eigenvalue weighted by Gasteiger charge is -2.36. The van der Waals surface area contributed by atoms with Crippen molar-refractivity contribution < 1.29 is 14.3 Å². The Morgan fingerprint density at radius 1 is 1.07 bits per heavy atom. The fourth-order valence-electron chi connectivity index (χ4n) is 3.91. The van der Waals surface area contributed by atoms with E-state index in [1.807, 2.05) is 42.3 Å². The van der Waals surface area contributed by atoms with Crippen LogP contribution in [-0.2, 0) is 4.79 Å². The van der Waals surface area contributed by atoms with Crippen molar-refractivity contribution in [2.75, 3.05) is 32.8 Å². The Labute approximate surface area is 176 Å². The Morgan fingerprint density at radius 3 is 2.47 bits per heavy atom. The second-order valence-corrected chi connectivity index (χ2v) is 7.49. The quantitative estimate of drug-likeness (QED) is 0.776. The van der Waals surface area contributed by atoms with Crippen molar-refractivity contribution >= 4 is 11.8 Å². The zero-order chi connectivity index (χ0) is 20.9. The first-order valence-electron chi connectivity index (χ1n) is 10.4. The second-order valence-electron chi connectivity index (χ2n) is 7.49. The Bertz CT molecular complexity index is 866. The second kappa shape index (κ2) is 9.23. The zero-order valence-corrected chi connectivity index (χ0v) is 17.1. The maximum atomic E-state index is 12.9. The van der Waals surface area contributed by atoms with E-state index in [9.17, 15) is 9.59 Å². The number of hydrazine groups is 1. The van der Waals surface area contributed by atoms with E-state index >= 15 is 0 Å². The SMILES string of the molecule is CCOc1ccc(C(=O)N2CCN(C(=O)C3CC(c4cccnc4)NN3)CC2)cc1. The number of hydrogen-bond acceptors (Lipinski definition) is 6. The van der Waals surface area contributed by atoms with Crippen LogP contribution in [0.1, 0.15) is 35.3 Å². The molecule has 2 saturated heterocycles. The molecule has 2 amide bonds. The molecule has 1 aromatic carbocycles. The number of carbonyl (C=O) groups excluding carboxylic acids is 2. The van der Waals surface area contributed by atoms with Gasteiger partial charge in [-0.25, -0.2) is 10.9 Å². The number of nitrogens with one attached hydrogen (secondary N) is 2. The van der Waals surface area contributed by atoms with Crippen LogP contribution in [0.2, 0.25) is 0 Å². The van der Waals surface area contributed by atoms with Crippen LogP contribution in [0.25, 0.3) is 0 Å². The minimum atomic E-state index is -0.274. The topological polar surface area (TPSA) is 86.8 Å². The average Bonchev–Trinajstić information content (AvgIpc) is 3.30. The van der Waals surface area contributed by atoms with Crippen molar-refractivity contribution in [1.82, 2.24) is 25.6 Å². The van der Waals surface area contributed by atoms with Gasteiger partial charge in [0.1, 0.15) is 11.8 Å². The lowest BCUT2D eigenvalue weighted by atomic mass is 10.0. The highest BCUT2D eigenvalue weighted by atomic mass is 16.5. The van der Waals surface area contributed by atoms with Gasteiger partial charge in [0.2, 0.25) is 5.91 Å². The largest absolute Gasteiger partial charge is 0.494 e. The molecule has 0 aliphatic carbocycles. The zero-order valence-electron chi connectivity index (χ0n) is 17.1. The number of carbonyl (C=O) groups is 2. The lowest BCUT2D eigenvalue weighted by Crippen LogP contribution is -2.54. The summed E-state index contributed by atoms with van der Waals surface area (Å²) in [6.45, 7) is 4.66. The normalized spacial score (nSPS) is 21.5. The van der Waals surface area contributed by atoms with Crippen LogP contribution in [0.4, 0.5) is 0 Å². The summed E-state index contributed by atoms with van der Waals surface area (Å²) in [6.07, 6.45) is 4.23. The molecule has 0 saturated carbocycles. The Balaban J connectivity index is 1.29. The molecule has 2 unspecified atom stereocenters. The van der Waals surface area contributed by atoms with E-state index in [4.69, 9.17) is 4.74 Å². The van der Waals surface area contributed by atoms with E-state index < -0.39 is 0 Å². The van der Waals surface area contributed by atoms with Crippen LogP contribution in [0, 0.1) is 0 Å². The van der Waals surface area contributed by atoms with Gasteiger partial charge in [-0.05, 0) is 49.2 Å². The third kappa shape index (κ3) is 4.44. The average molecular weight is 409 g/mol. The minimum absolute atomic E-state index is 0.0116. The van der Waals surface area contributed by atoms with Crippen molar-refractivity contribution in [1.29, 1.82) is 0 Å². The van der Waals surface area contributed by atoms with Gasteiger partial charge in [0.15, 0.2) is 0 Å². The van der Waals surface area contributed by atoms with Crippen LogP contribution in [0.5, 0.6) is 5.75 Å². The Kier molecular flexibility index (Phi) is 6.25. The number of rotatable bonds is 5. The molecular formula is C22H27N5O3. The van der Waals surface area contributed by atoms with Gasteiger partial charge in [0, 0.05) is 50.2 Å². The fourth-order valence-corrected chi connectivity index (χ4v) is 3.91. The molecule has 158 valence electrons. The third-order valence-corrected chi connectivity index (χ3v) is 5.58. The van der Waals surface area contributed by atoms with Crippen LogP contribution >= 0.6 is 0 Å². The number of aromatic nitrogens is 1. The van der Waals surface area contributed by atoms with Crippen molar-refractivity contribution in [2.45, 2.75) is 25.4 Å². The number of hydrogen-bond donors (Lipinski definition) is 2. The van der Waals surface area contributed by atoms with Gasteiger partial charge in [-0.15, -0.1) is 0 Å². The van der Waals surface area contributed by atoms with E-state index in [-0.39, 0.29) is 23.9 Å². The van der Waals surface area contributed by atoms with E-state index in [1.54, 1.807) is 23.2 Å². The first-order chi connectivity index (χ1) is 14.7. The highest BCUT2D eigenvalue weighted by Gasteiger charge is 2.34. The monoisotopic (exact) mass is 409 g/mol.